The van der Waals surface area contributed by atoms with Crippen LogP contribution in [0.3, 0.4) is 0 Å². The minimum absolute atomic E-state index is 0.0207. The number of carbonyl (C=O) groups excluding carboxylic acids is 1. The number of hydrogen-bond acceptors (Lipinski definition) is 7. The molecule has 1 aliphatic heterocycles. The second-order valence-electron chi connectivity index (χ2n) is 7.42. The molecule has 2 heterocycles. The Labute approximate surface area is 186 Å². The van der Waals surface area contributed by atoms with E-state index in [1.807, 2.05) is 30.3 Å². The van der Waals surface area contributed by atoms with Crippen LogP contribution in [0.25, 0.3) is 11.3 Å². The molecule has 0 unspecified atom stereocenters. The first-order valence-electron chi connectivity index (χ1n) is 10.3. The van der Waals surface area contributed by atoms with E-state index in [9.17, 15) is 13.2 Å². The van der Waals surface area contributed by atoms with Crippen LogP contribution in [0.1, 0.15) is 35.3 Å². The van der Waals surface area contributed by atoms with Crippen molar-refractivity contribution in [3.8, 4) is 17.1 Å². The van der Waals surface area contributed by atoms with Crippen LogP contribution in [0.15, 0.2) is 64.0 Å². The van der Waals surface area contributed by atoms with Gasteiger partial charge in [0.05, 0.1) is 13.7 Å². The first-order chi connectivity index (χ1) is 15.4. The number of nitrogens with zero attached hydrogens (tertiary/aromatic N) is 2. The van der Waals surface area contributed by atoms with Gasteiger partial charge in [-0.05, 0) is 43.0 Å². The Kier molecular flexibility index (Phi) is 6.29. The van der Waals surface area contributed by atoms with Crippen molar-refractivity contribution >= 4 is 16.0 Å². The molecule has 2 aromatic carbocycles. The second-order valence-corrected chi connectivity index (χ2v) is 9.33. The van der Waals surface area contributed by atoms with E-state index in [0.29, 0.717) is 18.7 Å². The topological polar surface area (TPSA) is 98.9 Å². The largest absolute Gasteiger partial charge is 0.495 e. The van der Waals surface area contributed by atoms with E-state index < -0.39 is 16.0 Å². The van der Waals surface area contributed by atoms with Crippen molar-refractivity contribution in [1.82, 2.24) is 9.46 Å². The van der Waals surface area contributed by atoms with Gasteiger partial charge in [0.2, 0.25) is 10.0 Å². The molecule has 1 saturated heterocycles. The maximum Gasteiger partial charge on any atom is 0.360 e. The molecule has 0 aliphatic carbocycles. The van der Waals surface area contributed by atoms with Crippen molar-refractivity contribution in [3.63, 3.8) is 0 Å². The number of ether oxygens (including phenoxy) is 2. The van der Waals surface area contributed by atoms with Crippen molar-refractivity contribution in [3.05, 3.63) is 65.9 Å². The Morgan fingerprint density at radius 1 is 1.19 bits per heavy atom. The van der Waals surface area contributed by atoms with E-state index in [0.717, 1.165) is 12.0 Å². The number of hydrogen-bond donors (Lipinski definition) is 0. The normalized spacial score (nSPS) is 16.8. The molecule has 168 valence electrons. The van der Waals surface area contributed by atoms with Crippen molar-refractivity contribution in [1.29, 1.82) is 0 Å². The fourth-order valence-electron chi connectivity index (χ4n) is 3.83. The summed E-state index contributed by atoms with van der Waals surface area (Å²) >= 11 is 0. The van der Waals surface area contributed by atoms with Gasteiger partial charge in [-0.3, -0.25) is 0 Å². The minimum atomic E-state index is -3.82. The Bertz CT molecular complexity index is 1210. The molecule has 3 aromatic rings. The number of esters is 1. The molecule has 0 radical (unpaired) electrons. The SMILES string of the molecule is CCOC(=O)c1cc(-c2ccc(OC)c(S(=O)(=O)N3CC[C@@H](c4ccccc4)C3)c2)on1. The average Bonchev–Trinajstić information content (AvgIpc) is 3.50. The van der Waals surface area contributed by atoms with E-state index >= 15 is 0 Å². The highest BCUT2D eigenvalue weighted by Crippen LogP contribution is 2.36. The molecule has 1 fully saturated rings. The maximum absolute atomic E-state index is 13.5. The third kappa shape index (κ3) is 4.26. The summed E-state index contributed by atoms with van der Waals surface area (Å²) in [5.41, 5.74) is 1.61. The van der Waals surface area contributed by atoms with Crippen LogP contribution in [0.4, 0.5) is 0 Å². The fourth-order valence-corrected chi connectivity index (χ4v) is 5.51. The van der Waals surface area contributed by atoms with Gasteiger partial charge in [0.25, 0.3) is 0 Å². The lowest BCUT2D eigenvalue weighted by Crippen LogP contribution is -2.29. The molecule has 1 atom stereocenters. The lowest BCUT2D eigenvalue weighted by molar-refractivity contribution is 0.0514. The van der Waals surface area contributed by atoms with E-state index in [1.165, 1.54) is 23.5 Å². The zero-order valence-electron chi connectivity index (χ0n) is 17.9. The summed E-state index contributed by atoms with van der Waals surface area (Å²) in [6.07, 6.45) is 0.746. The quantitative estimate of drug-likeness (QED) is 0.500. The Morgan fingerprint density at radius 2 is 1.97 bits per heavy atom. The molecule has 8 nitrogen and oxygen atoms in total. The van der Waals surface area contributed by atoms with Gasteiger partial charge in [-0.1, -0.05) is 35.5 Å². The van der Waals surface area contributed by atoms with Crippen LogP contribution in [-0.2, 0) is 14.8 Å². The summed E-state index contributed by atoms with van der Waals surface area (Å²) in [4.78, 5) is 11.9. The summed E-state index contributed by atoms with van der Waals surface area (Å²) in [7, 11) is -2.39. The van der Waals surface area contributed by atoms with E-state index in [4.69, 9.17) is 14.0 Å². The average molecular weight is 457 g/mol. The van der Waals surface area contributed by atoms with Crippen molar-refractivity contribution in [2.45, 2.75) is 24.2 Å². The summed E-state index contributed by atoms with van der Waals surface area (Å²) in [5.74, 6) is 0.0345. The van der Waals surface area contributed by atoms with E-state index in [2.05, 4.69) is 5.16 Å². The van der Waals surface area contributed by atoms with Gasteiger partial charge in [0.15, 0.2) is 11.5 Å². The van der Waals surface area contributed by atoms with Crippen molar-refractivity contribution in [2.75, 3.05) is 26.8 Å². The Balaban J connectivity index is 1.63. The molecule has 4 rings (SSSR count). The lowest BCUT2D eigenvalue weighted by atomic mass is 9.99. The number of rotatable bonds is 7. The molecule has 1 aromatic heterocycles. The highest BCUT2D eigenvalue weighted by atomic mass is 32.2. The lowest BCUT2D eigenvalue weighted by Gasteiger charge is -2.19. The molecular weight excluding hydrogens is 432 g/mol. The Morgan fingerprint density at radius 3 is 2.69 bits per heavy atom. The van der Waals surface area contributed by atoms with Crippen molar-refractivity contribution in [2.24, 2.45) is 0 Å². The molecule has 0 amide bonds. The summed E-state index contributed by atoms with van der Waals surface area (Å²) in [5, 5.41) is 3.73. The third-order valence-electron chi connectivity index (χ3n) is 5.48. The first-order valence-corrected chi connectivity index (χ1v) is 11.8. The van der Waals surface area contributed by atoms with Gasteiger partial charge in [-0.2, -0.15) is 4.31 Å². The summed E-state index contributed by atoms with van der Waals surface area (Å²) in [6.45, 7) is 2.73. The van der Waals surface area contributed by atoms with Gasteiger partial charge in [0.1, 0.15) is 10.6 Å². The first kappa shape index (κ1) is 22.0. The number of carbonyl (C=O) groups is 1. The molecule has 0 N–H and O–H groups in total. The standard InChI is InChI=1S/C23H24N2O6S/c1-3-30-23(26)19-14-21(31-24-19)17-9-10-20(29-2)22(13-17)32(27,28)25-12-11-18(15-25)16-7-5-4-6-8-16/h4-10,13-14,18H,3,11-12,15H2,1-2H3/t18-/m1/s1. The number of sulfonamides is 1. The molecule has 1 aliphatic rings. The van der Waals surface area contributed by atoms with E-state index in [-0.39, 0.29) is 34.6 Å². The molecule has 0 spiro atoms. The monoisotopic (exact) mass is 456 g/mol. The predicted molar refractivity (Wildman–Crippen MR) is 117 cm³/mol. The molecular formula is C23H24N2O6S. The second kappa shape index (κ2) is 9.13. The summed E-state index contributed by atoms with van der Waals surface area (Å²) < 4.78 is 44.0. The molecule has 32 heavy (non-hydrogen) atoms. The van der Waals surface area contributed by atoms with Crippen LogP contribution >= 0.6 is 0 Å². The minimum Gasteiger partial charge on any atom is -0.495 e. The zero-order chi connectivity index (χ0) is 22.7. The fraction of sp³-hybridized carbons (Fsp3) is 0.304. The van der Waals surface area contributed by atoms with Crippen LogP contribution in [0.5, 0.6) is 5.75 Å². The Hall–Kier alpha value is -3.17. The highest BCUT2D eigenvalue weighted by molar-refractivity contribution is 7.89. The van der Waals surface area contributed by atoms with Crippen LogP contribution in [0, 0.1) is 0 Å². The third-order valence-corrected chi connectivity index (χ3v) is 7.37. The maximum atomic E-state index is 13.5. The van der Waals surface area contributed by atoms with Crippen LogP contribution in [0.2, 0.25) is 0 Å². The number of methoxy groups -OCH3 is 1. The summed E-state index contributed by atoms with van der Waals surface area (Å²) in [6, 6.07) is 16.0. The van der Waals surface area contributed by atoms with E-state index in [1.54, 1.807) is 19.1 Å². The predicted octanol–water partition coefficient (Wildman–Crippen LogP) is 3.71. The van der Waals surface area contributed by atoms with Gasteiger partial charge in [-0.15, -0.1) is 0 Å². The smallest absolute Gasteiger partial charge is 0.360 e. The van der Waals surface area contributed by atoms with Gasteiger partial charge >= 0.3 is 5.97 Å². The highest BCUT2D eigenvalue weighted by Gasteiger charge is 2.35. The van der Waals surface area contributed by atoms with Gasteiger partial charge in [-0.25, -0.2) is 13.2 Å². The number of benzene rings is 2. The molecule has 0 saturated carbocycles. The van der Waals surface area contributed by atoms with Crippen LogP contribution in [-0.4, -0.2) is 50.7 Å². The van der Waals surface area contributed by atoms with Gasteiger partial charge in [0, 0.05) is 24.7 Å². The van der Waals surface area contributed by atoms with Crippen LogP contribution < -0.4 is 4.74 Å². The zero-order valence-corrected chi connectivity index (χ0v) is 18.7. The molecule has 0 bridgehead atoms. The molecule has 9 heteroatoms. The van der Waals surface area contributed by atoms with Gasteiger partial charge < -0.3 is 14.0 Å². The van der Waals surface area contributed by atoms with Crippen molar-refractivity contribution < 1.29 is 27.2 Å². The number of aromatic nitrogens is 1.